The lowest BCUT2D eigenvalue weighted by Crippen LogP contribution is -2.50. The van der Waals surface area contributed by atoms with Gasteiger partial charge in [-0.3, -0.25) is 19.6 Å². The number of fused-ring (bicyclic) bond motifs is 1. The van der Waals surface area contributed by atoms with E-state index < -0.39 is 40.5 Å². The number of hydrogen-bond donors (Lipinski definition) is 7. The topological polar surface area (TPSA) is 250 Å². The monoisotopic (exact) mass is 589 g/mol. The molecule has 0 aromatic heterocycles. The van der Waals surface area contributed by atoms with Crippen molar-refractivity contribution >= 4 is 50.8 Å². The number of amides is 2. The minimum atomic E-state index is -3.90. The number of aryl methyl sites for hydroxylation is 1. The number of rotatable bonds is 18. The summed E-state index contributed by atoms with van der Waals surface area (Å²) in [6, 6.07) is 11.4. The number of nitrogens with zero attached hydrogens (tertiary/aromatic N) is 2. The second-order valence-corrected chi connectivity index (χ2v) is 11.2. The predicted octanol–water partition coefficient (Wildman–Crippen LogP) is -1.42. The van der Waals surface area contributed by atoms with Gasteiger partial charge in [0.1, 0.15) is 12.3 Å². The lowest BCUT2D eigenvalue weighted by atomic mass is 10.0. The fourth-order valence-electron chi connectivity index (χ4n) is 4.02. The number of hydrogen-bond acceptors (Lipinski definition) is 7. The molecule has 2 rings (SSSR count). The normalized spacial score (nSPS) is 12.6. The first-order chi connectivity index (χ1) is 19.5. The van der Waals surface area contributed by atoms with E-state index in [2.05, 4.69) is 25.3 Å². The summed E-state index contributed by atoms with van der Waals surface area (Å²) in [6.07, 6.45) is 1.94. The van der Waals surface area contributed by atoms with Crippen molar-refractivity contribution in [1.82, 2.24) is 15.4 Å². The van der Waals surface area contributed by atoms with Crippen molar-refractivity contribution in [2.75, 3.05) is 25.4 Å². The summed E-state index contributed by atoms with van der Waals surface area (Å²) in [5.41, 5.74) is 22.1. The maximum absolute atomic E-state index is 13.0. The smallest absolute Gasteiger partial charge is 0.239 e. The van der Waals surface area contributed by atoms with Crippen LogP contribution in [0.1, 0.15) is 31.2 Å². The van der Waals surface area contributed by atoms with E-state index in [0.717, 1.165) is 16.3 Å². The van der Waals surface area contributed by atoms with E-state index in [4.69, 9.17) is 22.9 Å². The summed E-state index contributed by atoms with van der Waals surface area (Å²) in [5.74, 6) is -1.76. The average molecular weight is 590 g/mol. The Balaban J connectivity index is 1.99. The largest absolute Gasteiger partial charge is 0.370 e. The molecule has 0 aliphatic carbocycles. The van der Waals surface area contributed by atoms with Gasteiger partial charge in [-0.05, 0) is 48.4 Å². The number of benzene rings is 2. The standard InChI is InChI=1S/C26H39N9O5S/c27-25(28)31-13-4-9-20(17-36)34-23(37)16-33-24(38)22(11-5-14-32-26(29)30)35-41(39,40)15-12-19-8-3-7-18-6-1-2-10-21(18)19/h1-3,6-8,10,17,20,22,35H,4-5,9,11-16H2,(H,33,38)(H,34,37)(H4,27,28,31)(H4,29,30,32)/t20-,22+/m0/s1. The summed E-state index contributed by atoms with van der Waals surface area (Å²) in [4.78, 5) is 44.2. The summed E-state index contributed by atoms with van der Waals surface area (Å²) in [7, 11) is -3.90. The number of aliphatic imine (C=N–C) groups is 2. The molecule has 0 radical (unpaired) electrons. The third kappa shape index (κ3) is 12.7. The number of aldehydes is 1. The molecular formula is C26H39N9O5S. The molecule has 2 atom stereocenters. The van der Waals surface area contributed by atoms with Crippen LogP contribution in [0.3, 0.4) is 0 Å². The van der Waals surface area contributed by atoms with Crippen LogP contribution in [-0.2, 0) is 30.8 Å². The Hall–Kier alpha value is -4.24. The third-order valence-electron chi connectivity index (χ3n) is 6.01. The van der Waals surface area contributed by atoms with E-state index in [9.17, 15) is 22.8 Å². The number of nitrogens with two attached hydrogens (primary N) is 4. The van der Waals surface area contributed by atoms with Gasteiger partial charge in [-0.15, -0.1) is 0 Å². The van der Waals surface area contributed by atoms with Crippen LogP contribution < -0.4 is 38.3 Å². The molecule has 2 aromatic rings. The van der Waals surface area contributed by atoms with Crippen LogP contribution in [0.5, 0.6) is 0 Å². The minimum Gasteiger partial charge on any atom is -0.370 e. The molecule has 0 aliphatic rings. The molecule has 2 amide bonds. The highest BCUT2D eigenvalue weighted by Gasteiger charge is 2.25. The van der Waals surface area contributed by atoms with Crippen molar-refractivity contribution < 1.29 is 22.8 Å². The van der Waals surface area contributed by atoms with Gasteiger partial charge in [-0.25, -0.2) is 13.1 Å². The molecule has 15 heteroatoms. The van der Waals surface area contributed by atoms with E-state index in [1.165, 1.54) is 0 Å². The molecule has 0 saturated heterocycles. The summed E-state index contributed by atoms with van der Waals surface area (Å²) in [6.45, 7) is 0.0197. The van der Waals surface area contributed by atoms with Crippen LogP contribution in [0.25, 0.3) is 10.8 Å². The molecule has 0 saturated carbocycles. The molecule has 11 N–H and O–H groups in total. The number of carbonyl (C=O) groups excluding carboxylic acids is 3. The van der Waals surface area contributed by atoms with Gasteiger partial charge in [0.2, 0.25) is 21.8 Å². The lowest BCUT2D eigenvalue weighted by Gasteiger charge is -2.19. The van der Waals surface area contributed by atoms with Crippen molar-refractivity contribution in [3.8, 4) is 0 Å². The van der Waals surface area contributed by atoms with Crippen molar-refractivity contribution in [2.24, 2.45) is 32.9 Å². The Kier molecular flexibility index (Phi) is 13.5. The van der Waals surface area contributed by atoms with Crippen LogP contribution in [0, 0.1) is 0 Å². The highest BCUT2D eigenvalue weighted by molar-refractivity contribution is 7.89. The Morgan fingerprint density at radius 1 is 0.902 bits per heavy atom. The molecule has 2 aromatic carbocycles. The van der Waals surface area contributed by atoms with Crippen molar-refractivity contribution in [3.63, 3.8) is 0 Å². The Morgan fingerprint density at radius 3 is 2.20 bits per heavy atom. The van der Waals surface area contributed by atoms with Crippen LogP contribution >= 0.6 is 0 Å². The fraction of sp³-hybridized carbons (Fsp3) is 0.423. The number of sulfonamides is 1. The van der Waals surface area contributed by atoms with E-state index in [-0.39, 0.29) is 37.1 Å². The third-order valence-corrected chi connectivity index (χ3v) is 7.39. The summed E-state index contributed by atoms with van der Waals surface area (Å²) in [5, 5.41) is 6.88. The predicted molar refractivity (Wildman–Crippen MR) is 159 cm³/mol. The van der Waals surface area contributed by atoms with E-state index >= 15 is 0 Å². The second-order valence-electron chi connectivity index (χ2n) is 9.30. The van der Waals surface area contributed by atoms with Crippen LogP contribution in [0.4, 0.5) is 0 Å². The highest BCUT2D eigenvalue weighted by atomic mass is 32.2. The van der Waals surface area contributed by atoms with E-state index in [1.807, 2.05) is 42.5 Å². The Morgan fingerprint density at radius 2 is 1.54 bits per heavy atom. The molecule has 0 fully saturated rings. The van der Waals surface area contributed by atoms with Gasteiger partial charge in [-0.1, -0.05) is 42.5 Å². The molecule has 0 spiro atoms. The zero-order chi connectivity index (χ0) is 30.3. The van der Waals surface area contributed by atoms with Gasteiger partial charge in [0.25, 0.3) is 0 Å². The van der Waals surface area contributed by atoms with Crippen molar-refractivity contribution in [3.05, 3.63) is 48.0 Å². The van der Waals surface area contributed by atoms with Gasteiger partial charge in [0.15, 0.2) is 11.9 Å². The SMILES string of the molecule is NC(N)=NCCC[C@@H](C=O)NC(=O)CNC(=O)[C@@H](CCCN=C(N)N)NS(=O)(=O)CCc1cccc2ccccc12. The zero-order valence-electron chi connectivity index (χ0n) is 22.8. The molecule has 224 valence electrons. The first-order valence-electron chi connectivity index (χ1n) is 13.1. The maximum Gasteiger partial charge on any atom is 0.239 e. The highest BCUT2D eigenvalue weighted by Crippen LogP contribution is 2.19. The molecule has 41 heavy (non-hydrogen) atoms. The molecule has 14 nitrogen and oxygen atoms in total. The average Bonchev–Trinajstić information content (AvgIpc) is 2.93. The molecule has 0 aliphatic heterocycles. The number of nitrogens with one attached hydrogen (secondary N) is 3. The van der Waals surface area contributed by atoms with E-state index in [1.54, 1.807) is 0 Å². The molecule has 0 heterocycles. The quantitative estimate of drug-likeness (QED) is 0.0465. The van der Waals surface area contributed by atoms with Crippen LogP contribution in [-0.4, -0.2) is 75.9 Å². The van der Waals surface area contributed by atoms with Gasteiger partial charge < -0.3 is 38.4 Å². The van der Waals surface area contributed by atoms with Gasteiger partial charge in [0.05, 0.1) is 18.3 Å². The zero-order valence-corrected chi connectivity index (χ0v) is 23.6. The number of carbonyl (C=O) groups is 3. The summed E-state index contributed by atoms with van der Waals surface area (Å²) < 4.78 is 28.4. The molecular weight excluding hydrogens is 550 g/mol. The van der Waals surface area contributed by atoms with Crippen LogP contribution in [0.15, 0.2) is 52.4 Å². The number of guanidine groups is 2. The van der Waals surface area contributed by atoms with Gasteiger partial charge in [-0.2, -0.15) is 0 Å². The lowest BCUT2D eigenvalue weighted by molar-refractivity contribution is -0.128. The maximum atomic E-state index is 13.0. The van der Waals surface area contributed by atoms with Gasteiger partial charge >= 0.3 is 0 Å². The minimum absolute atomic E-state index is 0.0727. The van der Waals surface area contributed by atoms with E-state index in [0.29, 0.717) is 32.1 Å². The Labute approximate surface area is 239 Å². The van der Waals surface area contributed by atoms with Crippen LogP contribution in [0.2, 0.25) is 0 Å². The first kappa shape index (κ1) is 33.0. The first-order valence-corrected chi connectivity index (χ1v) is 14.8. The fourth-order valence-corrected chi connectivity index (χ4v) is 5.28. The Bertz CT molecular complexity index is 1330. The van der Waals surface area contributed by atoms with Crippen molar-refractivity contribution in [1.29, 1.82) is 0 Å². The van der Waals surface area contributed by atoms with Crippen molar-refractivity contribution in [2.45, 2.75) is 44.2 Å². The molecule has 0 bridgehead atoms. The molecule has 0 unspecified atom stereocenters. The van der Waals surface area contributed by atoms with Gasteiger partial charge in [0, 0.05) is 13.1 Å². The second kappa shape index (κ2) is 16.8. The summed E-state index contributed by atoms with van der Waals surface area (Å²) >= 11 is 0.